The molecule has 7 heavy (non-hydrogen) atoms. The molecular weight excluding hydrogens is 95.1 g/mol. The molecule has 0 bridgehead atoms. The van der Waals surface area contributed by atoms with Crippen molar-refractivity contribution in [3.63, 3.8) is 0 Å². The summed E-state index contributed by atoms with van der Waals surface area (Å²) in [6.45, 7) is 1.69. The van der Waals surface area contributed by atoms with Crippen LogP contribution in [-0.2, 0) is 0 Å². The molecule has 0 saturated carbocycles. The first-order valence-electron chi connectivity index (χ1n) is 1.91. The number of nitrogens with zero attached hydrogens (tertiary/aromatic N) is 2. The lowest BCUT2D eigenvalue weighted by atomic mass is 10.4. The summed E-state index contributed by atoms with van der Waals surface area (Å²) in [6.07, 6.45) is 1.28. The van der Waals surface area contributed by atoms with Gasteiger partial charge in [-0.05, 0) is 6.92 Å². The maximum atomic E-state index is 11.8. The summed E-state index contributed by atoms with van der Waals surface area (Å²) in [7, 11) is 0. The molecule has 0 spiro atoms. The molecule has 0 aromatic carbocycles. The van der Waals surface area contributed by atoms with Crippen LogP contribution < -0.4 is 5.43 Å². The molecule has 0 fully saturated rings. The van der Waals surface area contributed by atoms with Gasteiger partial charge < -0.3 is 0 Å². The van der Waals surface area contributed by atoms with Crippen molar-refractivity contribution in [2.45, 2.75) is 6.92 Å². The average molecular weight is 99.1 g/mol. The van der Waals surface area contributed by atoms with E-state index in [0.717, 1.165) is 0 Å². The molecule has 1 heterocycles. The minimum atomic E-state index is -0.502. The smallest absolute Gasteiger partial charge is 0.183 e. The zero-order chi connectivity index (χ0) is 5.28. The molecular formula is C4H4FN2. The fourth-order valence-electron chi connectivity index (χ4n) is 0.357. The molecule has 0 N–H and O–H groups in total. The summed E-state index contributed by atoms with van der Waals surface area (Å²) in [6, 6.07) is 0. The molecule has 37 valence electrons. The topological polar surface area (TPSA) is 26.5 Å². The van der Waals surface area contributed by atoms with Crippen molar-refractivity contribution in [2.24, 2.45) is 5.10 Å². The Hall–Kier alpha value is -0.860. The summed E-state index contributed by atoms with van der Waals surface area (Å²) in [5, 5.41) is 3.39. The third-order valence-electron chi connectivity index (χ3n) is 0.631. The lowest BCUT2D eigenvalue weighted by Gasteiger charge is -1.73. The second kappa shape index (κ2) is 1.33. The number of rotatable bonds is 0. The van der Waals surface area contributed by atoms with Crippen LogP contribution in [0.1, 0.15) is 6.92 Å². The lowest BCUT2D eigenvalue weighted by molar-refractivity contribution is 0.559. The van der Waals surface area contributed by atoms with Gasteiger partial charge in [0.1, 0.15) is 0 Å². The number of halogens is 1. The van der Waals surface area contributed by atoms with Gasteiger partial charge in [0.15, 0.2) is 0 Å². The van der Waals surface area contributed by atoms with E-state index in [1.54, 1.807) is 6.92 Å². The molecule has 0 amide bonds. The standard InChI is InChI=1S/C4H4FN2/c1-3-2-4(5)7-6-3/h2H,1H3. The highest BCUT2D eigenvalue weighted by Crippen LogP contribution is 2.00. The van der Waals surface area contributed by atoms with Crippen LogP contribution in [0, 0.1) is 0 Å². The highest BCUT2D eigenvalue weighted by Gasteiger charge is 2.01. The molecule has 0 atom stereocenters. The van der Waals surface area contributed by atoms with Crippen molar-refractivity contribution >= 4 is 5.71 Å². The van der Waals surface area contributed by atoms with Gasteiger partial charge in [-0.15, -0.1) is 5.43 Å². The van der Waals surface area contributed by atoms with Crippen LogP contribution in [0.3, 0.4) is 0 Å². The van der Waals surface area contributed by atoms with Gasteiger partial charge in [-0.2, -0.15) is 9.49 Å². The lowest BCUT2D eigenvalue weighted by Crippen LogP contribution is -1.81. The molecule has 3 heteroatoms. The average Bonchev–Trinajstić information content (AvgIpc) is 1.87. The molecule has 0 aliphatic carbocycles. The summed E-state index contributed by atoms with van der Waals surface area (Å²) in [5.74, 6) is -0.502. The summed E-state index contributed by atoms with van der Waals surface area (Å²) >= 11 is 0. The van der Waals surface area contributed by atoms with E-state index in [1.165, 1.54) is 6.08 Å². The predicted molar refractivity (Wildman–Crippen MR) is 24.4 cm³/mol. The Morgan fingerprint density at radius 2 is 2.43 bits per heavy atom. The van der Waals surface area contributed by atoms with E-state index in [2.05, 4.69) is 10.5 Å². The first-order chi connectivity index (χ1) is 3.29. The van der Waals surface area contributed by atoms with Crippen molar-refractivity contribution < 1.29 is 4.39 Å². The van der Waals surface area contributed by atoms with Crippen LogP contribution in [0.2, 0.25) is 0 Å². The second-order valence-corrected chi connectivity index (χ2v) is 1.31. The van der Waals surface area contributed by atoms with Crippen LogP contribution >= 0.6 is 0 Å². The molecule has 0 aromatic rings. The van der Waals surface area contributed by atoms with E-state index in [1.807, 2.05) is 0 Å². The van der Waals surface area contributed by atoms with Gasteiger partial charge >= 0.3 is 0 Å². The van der Waals surface area contributed by atoms with Gasteiger partial charge in [0.05, 0.1) is 5.71 Å². The Bertz CT molecular complexity index is 137. The Kier molecular flexibility index (Phi) is 0.817. The number of hydrogen-bond acceptors (Lipinski definition) is 1. The van der Waals surface area contributed by atoms with Crippen molar-refractivity contribution in [1.82, 2.24) is 5.43 Å². The van der Waals surface area contributed by atoms with Crippen LogP contribution in [0.15, 0.2) is 17.1 Å². The predicted octanol–water partition coefficient (Wildman–Crippen LogP) is 0.791. The molecule has 1 aliphatic rings. The van der Waals surface area contributed by atoms with Gasteiger partial charge in [-0.3, -0.25) is 0 Å². The van der Waals surface area contributed by atoms with E-state index in [0.29, 0.717) is 5.71 Å². The highest BCUT2D eigenvalue weighted by molar-refractivity contribution is 5.94. The van der Waals surface area contributed by atoms with Crippen LogP contribution in [0.4, 0.5) is 4.39 Å². The summed E-state index contributed by atoms with van der Waals surface area (Å²) in [4.78, 5) is 0. The van der Waals surface area contributed by atoms with E-state index < -0.39 is 5.95 Å². The van der Waals surface area contributed by atoms with Gasteiger partial charge in [-0.1, -0.05) is 0 Å². The van der Waals surface area contributed by atoms with E-state index >= 15 is 0 Å². The van der Waals surface area contributed by atoms with Gasteiger partial charge in [0, 0.05) is 6.08 Å². The van der Waals surface area contributed by atoms with Crippen molar-refractivity contribution in [1.29, 1.82) is 0 Å². The normalized spacial score (nSPS) is 18.0. The molecule has 0 unspecified atom stereocenters. The van der Waals surface area contributed by atoms with Crippen molar-refractivity contribution in [2.75, 3.05) is 0 Å². The van der Waals surface area contributed by atoms with Crippen molar-refractivity contribution in [3.8, 4) is 0 Å². The maximum Gasteiger partial charge on any atom is 0.235 e. The highest BCUT2D eigenvalue weighted by atomic mass is 19.1. The summed E-state index contributed by atoms with van der Waals surface area (Å²) < 4.78 is 11.8. The third-order valence-corrected chi connectivity index (χ3v) is 0.631. The Morgan fingerprint density at radius 3 is 2.57 bits per heavy atom. The molecule has 2 nitrogen and oxygen atoms in total. The molecule has 0 saturated heterocycles. The first kappa shape index (κ1) is 4.30. The molecule has 1 aliphatic heterocycles. The molecule has 1 rings (SSSR count). The monoisotopic (exact) mass is 99.0 g/mol. The van der Waals surface area contributed by atoms with Crippen molar-refractivity contribution in [3.05, 3.63) is 12.0 Å². The van der Waals surface area contributed by atoms with Crippen LogP contribution in [0.5, 0.6) is 0 Å². The second-order valence-electron chi connectivity index (χ2n) is 1.31. The fourth-order valence-corrected chi connectivity index (χ4v) is 0.357. The molecule has 0 aromatic heterocycles. The van der Waals surface area contributed by atoms with Gasteiger partial charge in [0.2, 0.25) is 5.95 Å². The number of hydrogen-bond donors (Lipinski definition) is 0. The molecule has 1 radical (unpaired) electrons. The first-order valence-corrected chi connectivity index (χ1v) is 1.91. The third kappa shape index (κ3) is 0.765. The fraction of sp³-hybridized carbons (Fsp3) is 0.250. The zero-order valence-electron chi connectivity index (χ0n) is 3.85. The zero-order valence-corrected chi connectivity index (χ0v) is 3.85. The van der Waals surface area contributed by atoms with Crippen LogP contribution in [0.25, 0.3) is 0 Å². The van der Waals surface area contributed by atoms with E-state index in [4.69, 9.17) is 0 Å². The maximum absolute atomic E-state index is 11.8. The Labute approximate surface area is 40.7 Å². The van der Waals surface area contributed by atoms with Gasteiger partial charge in [-0.25, -0.2) is 0 Å². The van der Waals surface area contributed by atoms with E-state index in [-0.39, 0.29) is 0 Å². The minimum Gasteiger partial charge on any atom is -0.183 e. The van der Waals surface area contributed by atoms with Crippen LogP contribution in [-0.4, -0.2) is 5.71 Å². The SMILES string of the molecule is CC1=N[N]C(F)=C1. The Morgan fingerprint density at radius 1 is 1.71 bits per heavy atom. The Balaban J connectivity index is 2.69. The number of allylic oxidation sites excluding steroid dienone is 1. The van der Waals surface area contributed by atoms with Gasteiger partial charge in [0.25, 0.3) is 0 Å². The quantitative estimate of drug-likeness (QED) is 0.401. The van der Waals surface area contributed by atoms with E-state index in [9.17, 15) is 4.39 Å². The summed E-state index contributed by atoms with van der Waals surface area (Å²) in [5.41, 5.74) is 3.72. The minimum absolute atomic E-state index is 0.502. The largest absolute Gasteiger partial charge is 0.235 e.